The lowest BCUT2D eigenvalue weighted by molar-refractivity contribution is -0.0498. The second-order valence-corrected chi connectivity index (χ2v) is 4.65. The number of aliphatic hydroxyl groups excluding tert-OH is 1. The molecule has 0 aromatic heterocycles. The molecule has 116 valence electrons. The number of ether oxygens (including phenoxy) is 1. The molecule has 0 amide bonds. The van der Waals surface area contributed by atoms with Crippen LogP contribution >= 0.6 is 0 Å². The van der Waals surface area contributed by atoms with Crippen LogP contribution in [-0.2, 0) is 0 Å². The molecule has 1 atom stereocenters. The summed E-state index contributed by atoms with van der Waals surface area (Å²) < 4.78 is 27.4. The SMILES string of the molecule is CC1CCCNC1.CO.Cc1cccc(OC(F)F)c1. The van der Waals surface area contributed by atoms with E-state index in [1.165, 1.54) is 32.0 Å². The summed E-state index contributed by atoms with van der Waals surface area (Å²) in [5, 5.41) is 10.3. The predicted octanol–water partition coefficient (Wildman–Crippen LogP) is 3.21. The molecule has 1 fully saturated rings. The lowest BCUT2D eigenvalue weighted by Gasteiger charge is -2.17. The first kappa shape index (κ1) is 18.8. The molecule has 0 bridgehead atoms. The van der Waals surface area contributed by atoms with E-state index in [0.29, 0.717) is 0 Å². The Hall–Kier alpha value is -1.20. The number of hydrogen-bond acceptors (Lipinski definition) is 3. The van der Waals surface area contributed by atoms with Crippen molar-refractivity contribution < 1.29 is 18.6 Å². The topological polar surface area (TPSA) is 41.5 Å². The van der Waals surface area contributed by atoms with Crippen molar-refractivity contribution in [3.05, 3.63) is 29.8 Å². The summed E-state index contributed by atoms with van der Waals surface area (Å²) in [7, 11) is 1.00. The van der Waals surface area contributed by atoms with Gasteiger partial charge in [-0.1, -0.05) is 19.1 Å². The highest BCUT2D eigenvalue weighted by molar-refractivity contribution is 5.27. The van der Waals surface area contributed by atoms with E-state index in [1.54, 1.807) is 12.1 Å². The summed E-state index contributed by atoms with van der Waals surface area (Å²) in [5.41, 5.74) is 0.906. The number of aryl methyl sites for hydroxylation is 1. The Morgan fingerprint density at radius 1 is 1.35 bits per heavy atom. The number of nitrogens with one attached hydrogen (secondary N) is 1. The molecular weight excluding hydrogens is 264 g/mol. The Bertz CT molecular complexity index is 342. The molecule has 1 unspecified atom stereocenters. The molecule has 1 aromatic rings. The van der Waals surface area contributed by atoms with Crippen LogP contribution in [0.15, 0.2) is 24.3 Å². The Morgan fingerprint density at radius 3 is 2.45 bits per heavy atom. The van der Waals surface area contributed by atoms with E-state index in [2.05, 4.69) is 17.0 Å². The van der Waals surface area contributed by atoms with Gasteiger partial charge >= 0.3 is 6.61 Å². The van der Waals surface area contributed by atoms with E-state index >= 15 is 0 Å². The zero-order chi connectivity index (χ0) is 15.4. The highest BCUT2D eigenvalue weighted by Crippen LogP contribution is 2.14. The highest BCUT2D eigenvalue weighted by Gasteiger charge is 2.05. The number of aliphatic hydroxyl groups is 1. The van der Waals surface area contributed by atoms with Crippen molar-refractivity contribution in [2.45, 2.75) is 33.3 Å². The highest BCUT2D eigenvalue weighted by atomic mass is 19.3. The van der Waals surface area contributed by atoms with Crippen molar-refractivity contribution in [3.8, 4) is 5.75 Å². The molecule has 20 heavy (non-hydrogen) atoms. The van der Waals surface area contributed by atoms with E-state index in [1.807, 2.05) is 13.0 Å². The maximum Gasteiger partial charge on any atom is 0.387 e. The van der Waals surface area contributed by atoms with Crippen LogP contribution in [0.25, 0.3) is 0 Å². The average molecular weight is 289 g/mol. The molecule has 0 saturated carbocycles. The lowest BCUT2D eigenvalue weighted by Crippen LogP contribution is -2.27. The number of halogens is 2. The van der Waals surface area contributed by atoms with E-state index in [0.717, 1.165) is 18.6 Å². The zero-order valence-electron chi connectivity index (χ0n) is 12.4. The normalized spacial score (nSPS) is 17.4. The van der Waals surface area contributed by atoms with Crippen molar-refractivity contribution in [2.24, 2.45) is 5.92 Å². The van der Waals surface area contributed by atoms with Gasteiger partial charge in [0.15, 0.2) is 0 Å². The van der Waals surface area contributed by atoms with Crippen molar-refractivity contribution in [1.29, 1.82) is 0 Å². The van der Waals surface area contributed by atoms with E-state index in [-0.39, 0.29) is 5.75 Å². The molecule has 0 spiro atoms. The maximum absolute atomic E-state index is 11.6. The van der Waals surface area contributed by atoms with Crippen molar-refractivity contribution in [1.82, 2.24) is 5.32 Å². The van der Waals surface area contributed by atoms with Crippen LogP contribution in [0.4, 0.5) is 8.78 Å². The standard InChI is InChI=1S/C8H8F2O.C6H13N.CH4O/c1-6-3-2-4-7(5-6)11-8(9)10;1-6-3-2-4-7-5-6;1-2/h2-5,8H,1H3;6-7H,2-5H2,1H3;2H,1H3. The van der Waals surface area contributed by atoms with E-state index < -0.39 is 6.61 Å². The minimum absolute atomic E-state index is 0.208. The third-order valence-corrected chi connectivity index (χ3v) is 2.76. The van der Waals surface area contributed by atoms with Crippen LogP contribution in [0.2, 0.25) is 0 Å². The molecule has 1 aliphatic rings. The summed E-state index contributed by atoms with van der Waals surface area (Å²) in [6, 6.07) is 6.55. The van der Waals surface area contributed by atoms with E-state index in [9.17, 15) is 8.78 Å². The summed E-state index contributed by atoms with van der Waals surface area (Å²) >= 11 is 0. The van der Waals surface area contributed by atoms with Gasteiger partial charge in [-0.15, -0.1) is 0 Å². The van der Waals surface area contributed by atoms with Crippen molar-refractivity contribution >= 4 is 0 Å². The van der Waals surface area contributed by atoms with Gasteiger partial charge in [0.1, 0.15) is 5.75 Å². The van der Waals surface area contributed by atoms with Crippen molar-refractivity contribution in [3.63, 3.8) is 0 Å². The van der Waals surface area contributed by atoms with Gasteiger partial charge < -0.3 is 15.2 Å². The lowest BCUT2D eigenvalue weighted by atomic mass is 10.0. The number of rotatable bonds is 2. The molecule has 1 saturated heterocycles. The fourth-order valence-corrected chi connectivity index (χ4v) is 1.82. The summed E-state index contributed by atoms with van der Waals surface area (Å²) in [5.74, 6) is 1.13. The average Bonchev–Trinajstić information content (AvgIpc) is 2.42. The first-order valence-electron chi connectivity index (χ1n) is 6.75. The van der Waals surface area contributed by atoms with Crippen LogP contribution in [-0.4, -0.2) is 31.9 Å². The first-order valence-corrected chi connectivity index (χ1v) is 6.75. The Balaban J connectivity index is 0.000000345. The third-order valence-electron chi connectivity index (χ3n) is 2.76. The van der Waals surface area contributed by atoms with Gasteiger partial charge in [-0.2, -0.15) is 8.78 Å². The molecular formula is C15H25F2NO2. The second-order valence-electron chi connectivity index (χ2n) is 4.65. The molecule has 2 rings (SSSR count). The van der Waals surface area contributed by atoms with Crippen LogP contribution in [0.5, 0.6) is 5.75 Å². The molecule has 3 nitrogen and oxygen atoms in total. The van der Waals surface area contributed by atoms with E-state index in [4.69, 9.17) is 5.11 Å². The predicted molar refractivity (Wildman–Crippen MR) is 77.2 cm³/mol. The summed E-state index contributed by atoms with van der Waals surface area (Å²) in [4.78, 5) is 0. The monoisotopic (exact) mass is 289 g/mol. The molecule has 1 aromatic carbocycles. The molecule has 5 heteroatoms. The van der Waals surface area contributed by atoms with Gasteiger partial charge in [0.2, 0.25) is 0 Å². The number of piperidine rings is 1. The van der Waals surface area contributed by atoms with Gasteiger partial charge in [0.05, 0.1) is 0 Å². The van der Waals surface area contributed by atoms with Gasteiger partial charge in [-0.3, -0.25) is 0 Å². The summed E-state index contributed by atoms with van der Waals surface area (Å²) in [6.45, 7) is 3.85. The molecule has 1 heterocycles. The van der Waals surface area contributed by atoms with Crippen LogP contribution in [0.1, 0.15) is 25.3 Å². The van der Waals surface area contributed by atoms with Crippen LogP contribution < -0.4 is 10.1 Å². The number of alkyl halides is 2. The van der Waals surface area contributed by atoms with Crippen LogP contribution in [0.3, 0.4) is 0 Å². The molecule has 2 N–H and O–H groups in total. The largest absolute Gasteiger partial charge is 0.435 e. The Labute approximate surface area is 120 Å². The fraction of sp³-hybridized carbons (Fsp3) is 0.600. The van der Waals surface area contributed by atoms with Crippen molar-refractivity contribution in [2.75, 3.05) is 20.2 Å². The number of benzene rings is 1. The smallest absolute Gasteiger partial charge is 0.387 e. The second kappa shape index (κ2) is 11.6. The van der Waals surface area contributed by atoms with Crippen LogP contribution in [0, 0.1) is 12.8 Å². The molecule has 0 aliphatic carbocycles. The minimum atomic E-state index is -2.74. The number of hydrogen-bond donors (Lipinski definition) is 2. The first-order chi connectivity index (χ1) is 9.58. The van der Waals surface area contributed by atoms with Gasteiger partial charge in [-0.25, -0.2) is 0 Å². The molecule has 0 radical (unpaired) electrons. The zero-order valence-corrected chi connectivity index (χ0v) is 12.4. The maximum atomic E-state index is 11.6. The Morgan fingerprint density at radius 2 is 2.05 bits per heavy atom. The minimum Gasteiger partial charge on any atom is -0.435 e. The summed E-state index contributed by atoms with van der Waals surface area (Å²) in [6.07, 6.45) is 2.80. The third kappa shape index (κ3) is 9.69. The Kier molecular flexibility index (Phi) is 10.9. The molecule has 1 aliphatic heterocycles. The quantitative estimate of drug-likeness (QED) is 0.878. The fourth-order valence-electron chi connectivity index (χ4n) is 1.82. The van der Waals surface area contributed by atoms with Gasteiger partial charge in [-0.05, 0) is 56.5 Å². The van der Waals surface area contributed by atoms with Gasteiger partial charge in [0.25, 0.3) is 0 Å². The van der Waals surface area contributed by atoms with Gasteiger partial charge in [0, 0.05) is 7.11 Å².